The number of alkyl halides is 3. The molecule has 2 aliphatic carbocycles. The maximum Gasteiger partial charge on any atom is 0.419 e. The van der Waals surface area contributed by atoms with E-state index < -0.39 is 52.2 Å². The number of anilines is 1. The van der Waals surface area contributed by atoms with Crippen molar-refractivity contribution in [3.05, 3.63) is 47.0 Å². The Kier molecular flexibility index (Phi) is 8.53. The van der Waals surface area contributed by atoms with Crippen molar-refractivity contribution in [1.29, 1.82) is 0 Å². The lowest BCUT2D eigenvalue weighted by atomic mass is 9.83. The van der Waals surface area contributed by atoms with Crippen LogP contribution < -0.4 is 10.6 Å². The Morgan fingerprint density at radius 1 is 1.05 bits per heavy atom. The third-order valence-electron chi connectivity index (χ3n) is 7.18. The normalized spacial score (nSPS) is 23.7. The van der Waals surface area contributed by atoms with E-state index in [-0.39, 0.29) is 41.4 Å². The van der Waals surface area contributed by atoms with E-state index in [0.29, 0.717) is 25.5 Å². The van der Waals surface area contributed by atoms with E-state index in [1.165, 1.54) is 25.2 Å². The van der Waals surface area contributed by atoms with Gasteiger partial charge in [-0.2, -0.15) is 13.2 Å². The molecule has 240 valence electrons. The molecule has 44 heavy (non-hydrogen) atoms. The molecule has 4 rings (SSSR count). The molecule has 11 nitrogen and oxygen atoms in total. The van der Waals surface area contributed by atoms with Gasteiger partial charge in [0.15, 0.2) is 0 Å². The van der Waals surface area contributed by atoms with Gasteiger partial charge in [-0.25, -0.2) is 19.6 Å². The molecular formula is C30H38F3N5O6. The van der Waals surface area contributed by atoms with Gasteiger partial charge in [-0.1, -0.05) is 12.2 Å². The van der Waals surface area contributed by atoms with E-state index in [1.807, 2.05) is 0 Å². The zero-order chi connectivity index (χ0) is 32.8. The van der Waals surface area contributed by atoms with Crippen LogP contribution in [0.2, 0.25) is 0 Å². The largest absolute Gasteiger partial charge is 0.480 e. The van der Waals surface area contributed by atoms with Gasteiger partial charge in [-0.05, 0) is 73.8 Å². The molecule has 3 atom stereocenters. The van der Waals surface area contributed by atoms with Gasteiger partial charge in [-0.3, -0.25) is 9.69 Å². The Balaban J connectivity index is 1.67. The lowest BCUT2D eigenvalue weighted by Gasteiger charge is -2.29. The Labute approximate surface area is 253 Å². The van der Waals surface area contributed by atoms with Crippen molar-refractivity contribution in [2.24, 2.45) is 5.41 Å². The highest BCUT2D eigenvalue weighted by Crippen LogP contribution is 2.45. The first kappa shape index (κ1) is 32.8. The minimum absolute atomic E-state index is 0.0552. The van der Waals surface area contributed by atoms with Gasteiger partial charge < -0.3 is 25.2 Å². The van der Waals surface area contributed by atoms with Crippen LogP contribution in [0.5, 0.6) is 0 Å². The molecule has 1 aromatic rings. The fourth-order valence-electron chi connectivity index (χ4n) is 5.16. The average molecular weight is 622 g/mol. The highest BCUT2D eigenvalue weighted by molar-refractivity contribution is 5.90. The Hall–Kier alpha value is -4.10. The number of allylic oxidation sites excluding steroid dienone is 1. The molecule has 3 N–H and O–H groups in total. The Bertz CT molecular complexity index is 1440. The minimum atomic E-state index is -4.83. The SMILES string of the molecule is CC(C)(C)OC(=O)N[C@H]1CC[C@H](Nc2ncc(C(F)(F)F)c(C3=C4C=CC(C)(C(=O)O)C=C4N(C(=O)OC(C)(C)C)C3)n2)C1. The van der Waals surface area contributed by atoms with Gasteiger partial charge in [0, 0.05) is 29.4 Å². The van der Waals surface area contributed by atoms with Crippen LogP contribution in [0.15, 0.2) is 35.7 Å². The van der Waals surface area contributed by atoms with Crippen LogP contribution in [0.25, 0.3) is 5.57 Å². The highest BCUT2D eigenvalue weighted by Gasteiger charge is 2.44. The molecule has 1 fully saturated rings. The van der Waals surface area contributed by atoms with E-state index in [1.54, 1.807) is 41.5 Å². The second-order valence-corrected chi connectivity index (χ2v) is 13.4. The molecule has 0 radical (unpaired) electrons. The molecule has 0 spiro atoms. The van der Waals surface area contributed by atoms with Crippen molar-refractivity contribution >= 4 is 29.7 Å². The standard InChI is InChI=1S/C30H38F3N5O6/c1-27(2,3)43-25(41)36-17-9-8-16(12-17)35-24-34-14-20(30(31,32)33)22(37-24)19-15-38(26(42)44-28(4,5)6)21-13-29(7,23(39)40)11-10-18(19)21/h10-11,13-14,16-17H,8-9,12,15H2,1-7H3,(H,36,41)(H,39,40)(H,34,35,37)/t16-,17-,29?/m0/s1. The van der Waals surface area contributed by atoms with Gasteiger partial charge >= 0.3 is 24.3 Å². The second kappa shape index (κ2) is 11.4. The number of ether oxygens (including phenoxy) is 2. The molecule has 14 heteroatoms. The monoisotopic (exact) mass is 621 g/mol. The van der Waals surface area contributed by atoms with Crippen molar-refractivity contribution in [3.8, 4) is 0 Å². The van der Waals surface area contributed by atoms with Crippen molar-refractivity contribution in [1.82, 2.24) is 20.2 Å². The summed E-state index contributed by atoms with van der Waals surface area (Å²) in [6.45, 7) is 11.3. The average Bonchev–Trinajstić information content (AvgIpc) is 3.44. The summed E-state index contributed by atoms with van der Waals surface area (Å²) < 4.78 is 53.6. The van der Waals surface area contributed by atoms with Gasteiger partial charge in [0.05, 0.1) is 17.9 Å². The molecule has 2 amide bonds. The van der Waals surface area contributed by atoms with E-state index in [2.05, 4.69) is 20.6 Å². The van der Waals surface area contributed by atoms with E-state index in [0.717, 1.165) is 4.90 Å². The number of carboxylic acid groups (broad SMARTS) is 1. The summed E-state index contributed by atoms with van der Waals surface area (Å²) in [5, 5.41) is 15.7. The number of halogens is 3. The molecule has 0 saturated heterocycles. The predicted molar refractivity (Wildman–Crippen MR) is 154 cm³/mol. The van der Waals surface area contributed by atoms with Gasteiger partial charge in [0.25, 0.3) is 0 Å². The summed E-state index contributed by atoms with van der Waals surface area (Å²) in [4.78, 5) is 46.7. The maximum atomic E-state index is 14.3. The van der Waals surface area contributed by atoms with Gasteiger partial charge in [-0.15, -0.1) is 0 Å². The van der Waals surface area contributed by atoms with Crippen LogP contribution in [0.1, 0.15) is 79.0 Å². The molecule has 0 aromatic carbocycles. The number of aliphatic carboxylic acids is 1. The summed E-state index contributed by atoms with van der Waals surface area (Å²) >= 11 is 0. The number of rotatable bonds is 5. The number of hydrogen-bond acceptors (Lipinski definition) is 8. The topological polar surface area (TPSA) is 143 Å². The lowest BCUT2D eigenvalue weighted by Crippen LogP contribution is -2.38. The number of amides is 2. The summed E-state index contributed by atoms with van der Waals surface area (Å²) in [5.74, 6) is -1.25. The quantitative estimate of drug-likeness (QED) is 0.366. The molecule has 1 unspecified atom stereocenters. The first-order valence-electron chi connectivity index (χ1n) is 14.3. The predicted octanol–water partition coefficient (Wildman–Crippen LogP) is 5.90. The number of carboxylic acids is 1. The van der Waals surface area contributed by atoms with E-state index in [9.17, 15) is 32.7 Å². The number of carbonyl (C=O) groups is 3. The fourth-order valence-corrected chi connectivity index (χ4v) is 5.16. The number of hydrogen-bond donors (Lipinski definition) is 3. The first-order valence-corrected chi connectivity index (χ1v) is 14.3. The maximum absolute atomic E-state index is 14.3. The molecule has 2 heterocycles. The van der Waals surface area contributed by atoms with Gasteiger partial charge in [0.2, 0.25) is 5.95 Å². The molecule has 1 aromatic heterocycles. The van der Waals surface area contributed by atoms with Gasteiger partial charge in [0.1, 0.15) is 22.2 Å². The zero-order valence-corrected chi connectivity index (χ0v) is 25.8. The zero-order valence-electron chi connectivity index (χ0n) is 25.8. The fraction of sp³-hybridized carbons (Fsp3) is 0.567. The summed E-state index contributed by atoms with van der Waals surface area (Å²) in [5.41, 5.74) is -4.21. The summed E-state index contributed by atoms with van der Waals surface area (Å²) in [7, 11) is 0. The van der Waals surface area contributed by atoms with Crippen LogP contribution in [-0.4, -0.2) is 68.0 Å². The van der Waals surface area contributed by atoms with Crippen LogP contribution in [0.4, 0.5) is 28.7 Å². The molecule has 0 bridgehead atoms. The van der Waals surface area contributed by atoms with E-state index in [4.69, 9.17) is 9.47 Å². The van der Waals surface area contributed by atoms with Crippen molar-refractivity contribution in [2.75, 3.05) is 11.9 Å². The third kappa shape index (κ3) is 7.51. The van der Waals surface area contributed by atoms with Crippen molar-refractivity contribution in [3.63, 3.8) is 0 Å². The molecular weight excluding hydrogens is 583 g/mol. The first-order chi connectivity index (χ1) is 20.1. The van der Waals surface area contributed by atoms with Crippen LogP contribution in [0.3, 0.4) is 0 Å². The summed E-state index contributed by atoms with van der Waals surface area (Å²) in [6.07, 6.45) is 0.257. The van der Waals surface area contributed by atoms with Crippen molar-refractivity contribution in [2.45, 2.75) is 97.2 Å². The van der Waals surface area contributed by atoms with Crippen LogP contribution in [0, 0.1) is 5.41 Å². The number of alkyl carbamates (subject to hydrolysis) is 1. The third-order valence-corrected chi connectivity index (χ3v) is 7.18. The minimum Gasteiger partial charge on any atom is -0.480 e. The van der Waals surface area contributed by atoms with Crippen molar-refractivity contribution < 1.29 is 42.1 Å². The molecule has 1 saturated carbocycles. The smallest absolute Gasteiger partial charge is 0.419 e. The number of carbonyl (C=O) groups excluding carboxylic acids is 2. The second-order valence-electron chi connectivity index (χ2n) is 13.4. The highest BCUT2D eigenvalue weighted by atomic mass is 19.4. The van der Waals surface area contributed by atoms with E-state index >= 15 is 0 Å². The molecule has 1 aliphatic heterocycles. The van der Waals surface area contributed by atoms with Crippen LogP contribution >= 0.6 is 0 Å². The lowest BCUT2D eigenvalue weighted by molar-refractivity contribution is -0.143. The number of fused-ring (bicyclic) bond motifs is 1. The number of aromatic nitrogens is 2. The number of nitrogens with zero attached hydrogens (tertiary/aromatic N) is 3. The van der Waals surface area contributed by atoms with Crippen LogP contribution in [-0.2, 0) is 20.4 Å². The Morgan fingerprint density at radius 2 is 1.68 bits per heavy atom. The Morgan fingerprint density at radius 3 is 2.27 bits per heavy atom. The summed E-state index contributed by atoms with van der Waals surface area (Å²) in [6, 6.07) is -0.442. The molecule has 3 aliphatic rings. The number of nitrogens with one attached hydrogen (secondary N) is 2.